The zero-order valence-electron chi connectivity index (χ0n) is 12.8. The first kappa shape index (κ1) is 14.3. The molecule has 0 unspecified atom stereocenters. The van der Waals surface area contributed by atoms with Crippen molar-refractivity contribution in [2.45, 2.75) is 20.8 Å². The molecule has 0 fully saturated rings. The van der Waals surface area contributed by atoms with Crippen molar-refractivity contribution in [2.24, 2.45) is 0 Å². The highest BCUT2D eigenvalue weighted by atomic mass is 16.5. The van der Waals surface area contributed by atoms with Crippen molar-refractivity contribution in [3.63, 3.8) is 0 Å². The fourth-order valence-electron chi connectivity index (χ4n) is 2.63. The molecule has 0 saturated carbocycles. The first-order valence-electron chi connectivity index (χ1n) is 7.28. The van der Waals surface area contributed by atoms with Gasteiger partial charge in [-0.25, -0.2) is 0 Å². The lowest BCUT2D eigenvalue weighted by Gasteiger charge is -2.13. The minimum atomic E-state index is -0.289. The Morgan fingerprint density at radius 2 is 1.64 bits per heavy atom. The number of rotatable bonds is 3. The third-order valence-corrected chi connectivity index (χ3v) is 4.05. The SMILES string of the molecule is CCN1C(=O)c2cccc(Oc3cccc(C)c3C)c2C1=O. The third kappa shape index (κ3) is 2.08. The molecule has 112 valence electrons. The fraction of sp³-hybridized carbons (Fsp3) is 0.222. The van der Waals surface area contributed by atoms with Crippen LogP contribution in [0.4, 0.5) is 0 Å². The molecule has 1 aliphatic heterocycles. The summed E-state index contributed by atoms with van der Waals surface area (Å²) in [4.78, 5) is 25.9. The van der Waals surface area contributed by atoms with E-state index < -0.39 is 0 Å². The zero-order valence-corrected chi connectivity index (χ0v) is 12.8. The van der Waals surface area contributed by atoms with E-state index in [0.717, 1.165) is 11.1 Å². The molecule has 22 heavy (non-hydrogen) atoms. The quantitative estimate of drug-likeness (QED) is 0.811. The monoisotopic (exact) mass is 295 g/mol. The smallest absolute Gasteiger partial charge is 0.265 e. The van der Waals surface area contributed by atoms with Gasteiger partial charge in [0.05, 0.1) is 11.1 Å². The van der Waals surface area contributed by atoms with E-state index in [2.05, 4.69) is 0 Å². The van der Waals surface area contributed by atoms with Gasteiger partial charge in [-0.2, -0.15) is 0 Å². The number of amides is 2. The number of carbonyl (C=O) groups excluding carboxylic acids is 2. The molecule has 4 heteroatoms. The van der Waals surface area contributed by atoms with E-state index in [-0.39, 0.29) is 11.8 Å². The largest absolute Gasteiger partial charge is 0.456 e. The molecule has 0 aliphatic carbocycles. The molecule has 0 N–H and O–H groups in total. The van der Waals surface area contributed by atoms with Crippen LogP contribution in [0.25, 0.3) is 0 Å². The van der Waals surface area contributed by atoms with E-state index in [4.69, 9.17) is 4.74 Å². The summed E-state index contributed by atoms with van der Waals surface area (Å²) < 4.78 is 5.94. The number of aryl methyl sites for hydroxylation is 1. The molecule has 1 heterocycles. The Morgan fingerprint density at radius 3 is 2.36 bits per heavy atom. The number of nitrogens with zero attached hydrogens (tertiary/aromatic N) is 1. The molecule has 0 aromatic heterocycles. The van der Waals surface area contributed by atoms with Crippen LogP contribution in [0.2, 0.25) is 0 Å². The van der Waals surface area contributed by atoms with Gasteiger partial charge in [-0.05, 0) is 50.1 Å². The highest BCUT2D eigenvalue weighted by molar-refractivity contribution is 6.22. The van der Waals surface area contributed by atoms with Crippen molar-refractivity contribution in [2.75, 3.05) is 6.54 Å². The second-order valence-corrected chi connectivity index (χ2v) is 5.33. The summed E-state index contributed by atoms with van der Waals surface area (Å²) in [5.74, 6) is 0.585. The van der Waals surface area contributed by atoms with Crippen molar-refractivity contribution in [1.82, 2.24) is 4.90 Å². The van der Waals surface area contributed by atoms with Crippen molar-refractivity contribution in [1.29, 1.82) is 0 Å². The van der Waals surface area contributed by atoms with Crippen molar-refractivity contribution < 1.29 is 14.3 Å². The minimum absolute atomic E-state index is 0.256. The van der Waals surface area contributed by atoms with Gasteiger partial charge in [0.15, 0.2) is 0 Å². The lowest BCUT2D eigenvalue weighted by molar-refractivity contribution is 0.0662. The Bertz CT molecular complexity index is 780. The van der Waals surface area contributed by atoms with Gasteiger partial charge < -0.3 is 4.74 Å². The third-order valence-electron chi connectivity index (χ3n) is 4.05. The first-order valence-corrected chi connectivity index (χ1v) is 7.28. The van der Waals surface area contributed by atoms with Gasteiger partial charge in [0, 0.05) is 6.54 Å². The van der Waals surface area contributed by atoms with Crippen LogP contribution in [0.5, 0.6) is 11.5 Å². The maximum atomic E-state index is 12.4. The Kier molecular flexibility index (Phi) is 3.45. The van der Waals surface area contributed by atoms with E-state index in [0.29, 0.717) is 29.2 Å². The van der Waals surface area contributed by atoms with E-state index in [1.807, 2.05) is 32.0 Å². The van der Waals surface area contributed by atoms with Crippen LogP contribution in [0, 0.1) is 13.8 Å². The number of hydrogen-bond donors (Lipinski definition) is 0. The van der Waals surface area contributed by atoms with Crippen LogP contribution in [-0.2, 0) is 0 Å². The van der Waals surface area contributed by atoms with E-state index >= 15 is 0 Å². The molecule has 0 atom stereocenters. The Balaban J connectivity index is 2.07. The molecule has 4 nitrogen and oxygen atoms in total. The number of imide groups is 1. The zero-order chi connectivity index (χ0) is 15.9. The van der Waals surface area contributed by atoms with Gasteiger partial charge >= 0.3 is 0 Å². The number of hydrogen-bond acceptors (Lipinski definition) is 3. The molecular formula is C18H17NO3. The molecular weight excluding hydrogens is 278 g/mol. The summed E-state index contributed by atoms with van der Waals surface area (Å²) in [5.41, 5.74) is 2.90. The molecule has 3 rings (SSSR count). The van der Waals surface area contributed by atoms with Crippen molar-refractivity contribution >= 4 is 11.8 Å². The number of fused-ring (bicyclic) bond motifs is 1. The van der Waals surface area contributed by atoms with Gasteiger partial charge in [-0.1, -0.05) is 18.2 Å². The first-order chi connectivity index (χ1) is 10.5. The standard InChI is InChI=1S/C18H17NO3/c1-4-19-17(20)13-8-6-10-15(16(13)18(19)21)22-14-9-5-7-11(2)12(14)3/h5-10H,4H2,1-3H3. The molecule has 2 aromatic rings. The Morgan fingerprint density at radius 1 is 0.955 bits per heavy atom. The van der Waals surface area contributed by atoms with Crippen molar-refractivity contribution in [3.05, 3.63) is 58.7 Å². The maximum Gasteiger partial charge on any atom is 0.265 e. The lowest BCUT2D eigenvalue weighted by atomic mass is 10.1. The van der Waals surface area contributed by atoms with E-state index in [1.54, 1.807) is 25.1 Å². The summed E-state index contributed by atoms with van der Waals surface area (Å²) in [7, 11) is 0. The second kappa shape index (κ2) is 5.30. The summed E-state index contributed by atoms with van der Waals surface area (Å²) in [6.45, 7) is 6.12. The van der Waals surface area contributed by atoms with Crippen LogP contribution in [0.3, 0.4) is 0 Å². The predicted molar refractivity (Wildman–Crippen MR) is 83.5 cm³/mol. The summed E-state index contributed by atoms with van der Waals surface area (Å²) >= 11 is 0. The molecule has 0 spiro atoms. The number of carbonyl (C=O) groups is 2. The predicted octanol–water partition coefficient (Wildman–Crippen LogP) is 3.71. The number of ether oxygens (including phenoxy) is 1. The molecule has 1 aliphatic rings. The average molecular weight is 295 g/mol. The summed E-state index contributed by atoms with van der Waals surface area (Å²) in [5, 5.41) is 0. The van der Waals surface area contributed by atoms with Crippen LogP contribution >= 0.6 is 0 Å². The lowest BCUT2D eigenvalue weighted by Crippen LogP contribution is -2.29. The maximum absolute atomic E-state index is 12.4. The second-order valence-electron chi connectivity index (χ2n) is 5.33. The highest BCUT2D eigenvalue weighted by Gasteiger charge is 2.37. The molecule has 0 radical (unpaired) electrons. The van der Waals surface area contributed by atoms with E-state index in [1.165, 1.54) is 4.90 Å². The van der Waals surface area contributed by atoms with Crippen LogP contribution < -0.4 is 4.74 Å². The van der Waals surface area contributed by atoms with Gasteiger partial charge in [0.1, 0.15) is 11.5 Å². The Labute approximate surface area is 129 Å². The van der Waals surface area contributed by atoms with Crippen LogP contribution in [0.1, 0.15) is 38.8 Å². The minimum Gasteiger partial charge on any atom is -0.456 e. The topological polar surface area (TPSA) is 46.6 Å². The molecule has 0 bridgehead atoms. The van der Waals surface area contributed by atoms with Gasteiger partial charge in [0.2, 0.25) is 0 Å². The molecule has 0 saturated heterocycles. The van der Waals surface area contributed by atoms with Gasteiger partial charge in [-0.3, -0.25) is 14.5 Å². The molecule has 2 aromatic carbocycles. The van der Waals surface area contributed by atoms with Crippen LogP contribution in [0.15, 0.2) is 36.4 Å². The van der Waals surface area contributed by atoms with Gasteiger partial charge in [-0.15, -0.1) is 0 Å². The van der Waals surface area contributed by atoms with Crippen LogP contribution in [-0.4, -0.2) is 23.3 Å². The summed E-state index contributed by atoms with van der Waals surface area (Å²) in [6, 6.07) is 10.9. The van der Waals surface area contributed by atoms with E-state index in [9.17, 15) is 9.59 Å². The highest BCUT2D eigenvalue weighted by Crippen LogP contribution is 2.35. The Hall–Kier alpha value is -2.62. The molecule has 2 amide bonds. The average Bonchev–Trinajstić information content (AvgIpc) is 2.76. The normalized spacial score (nSPS) is 13.5. The fourth-order valence-corrected chi connectivity index (χ4v) is 2.63. The number of benzene rings is 2. The van der Waals surface area contributed by atoms with Crippen molar-refractivity contribution in [3.8, 4) is 11.5 Å². The van der Waals surface area contributed by atoms with Gasteiger partial charge in [0.25, 0.3) is 11.8 Å². The summed E-state index contributed by atoms with van der Waals surface area (Å²) in [6.07, 6.45) is 0.